The highest BCUT2D eigenvalue weighted by Crippen LogP contribution is 2.47. The van der Waals surface area contributed by atoms with E-state index in [2.05, 4.69) is 229 Å². The lowest BCUT2D eigenvalue weighted by molar-refractivity contribution is 1.20. The summed E-state index contributed by atoms with van der Waals surface area (Å²) in [5.74, 6) is 0. The lowest BCUT2D eigenvalue weighted by Gasteiger charge is -2.17. The molecule has 2 aromatic heterocycles. The van der Waals surface area contributed by atoms with Crippen molar-refractivity contribution in [3.8, 4) is 61.6 Å². The first-order valence-electron chi connectivity index (χ1n) is 22.2. The fourth-order valence-corrected chi connectivity index (χ4v) is 10.2. The molecule has 11 aromatic carbocycles. The van der Waals surface area contributed by atoms with Gasteiger partial charge >= 0.3 is 0 Å². The first-order chi connectivity index (χ1) is 32.3. The third-order valence-electron chi connectivity index (χ3n) is 13.2. The Morgan fingerprint density at radius 2 is 0.662 bits per heavy atom. The van der Waals surface area contributed by atoms with Gasteiger partial charge in [-0.2, -0.15) is 0 Å². The van der Waals surface area contributed by atoms with Crippen molar-refractivity contribution >= 4 is 65.2 Å². The van der Waals surface area contributed by atoms with Crippen LogP contribution in [0.15, 0.2) is 237 Å². The van der Waals surface area contributed by atoms with Crippen LogP contribution in [0.25, 0.3) is 127 Å². The summed E-state index contributed by atoms with van der Waals surface area (Å²) in [5.41, 5.74) is 16.1. The molecule has 0 aliphatic carbocycles. The number of hydrogen-bond acceptors (Lipinski definition) is 2. The fourth-order valence-electron chi connectivity index (χ4n) is 10.2. The largest absolute Gasteiger partial charge is 0.309 e. The van der Waals surface area contributed by atoms with Crippen LogP contribution in [0.1, 0.15) is 0 Å². The van der Waals surface area contributed by atoms with E-state index in [0.29, 0.717) is 0 Å². The number of aromatic nitrogens is 3. The molecule has 2 heterocycles. The Kier molecular flexibility index (Phi) is 8.53. The van der Waals surface area contributed by atoms with Gasteiger partial charge in [0.15, 0.2) is 0 Å². The quantitative estimate of drug-likeness (QED) is 0.167. The van der Waals surface area contributed by atoms with Gasteiger partial charge in [0.25, 0.3) is 0 Å². The number of hydrogen-bond donors (Lipinski definition) is 0. The molecule has 0 aliphatic rings. The molecular formula is C62H39N3. The van der Waals surface area contributed by atoms with Crippen LogP contribution in [-0.4, -0.2) is 14.5 Å². The summed E-state index contributed by atoms with van der Waals surface area (Å²) < 4.78 is 2.54. The highest BCUT2D eigenvalue weighted by Gasteiger charge is 2.23. The molecule has 13 rings (SSSR count). The molecule has 3 nitrogen and oxygen atoms in total. The monoisotopic (exact) mass is 825 g/mol. The van der Waals surface area contributed by atoms with E-state index in [1.807, 2.05) is 12.1 Å². The lowest BCUT2D eigenvalue weighted by Crippen LogP contribution is -1.98. The minimum Gasteiger partial charge on any atom is -0.309 e. The Hall–Kier alpha value is -8.66. The van der Waals surface area contributed by atoms with Gasteiger partial charge in [-0.1, -0.05) is 206 Å². The summed E-state index contributed by atoms with van der Waals surface area (Å²) in [6, 6.07) is 85.2. The van der Waals surface area contributed by atoms with Crippen LogP contribution in [0.2, 0.25) is 0 Å². The second-order valence-electron chi connectivity index (χ2n) is 16.8. The van der Waals surface area contributed by atoms with Gasteiger partial charge in [0.2, 0.25) is 0 Å². The molecular weight excluding hydrogens is 787 g/mol. The van der Waals surface area contributed by atoms with Crippen LogP contribution in [-0.2, 0) is 0 Å². The van der Waals surface area contributed by atoms with Crippen LogP contribution in [0.4, 0.5) is 0 Å². The second kappa shape index (κ2) is 15.0. The van der Waals surface area contributed by atoms with E-state index < -0.39 is 0 Å². The zero-order valence-electron chi connectivity index (χ0n) is 35.4. The highest BCUT2D eigenvalue weighted by atomic mass is 15.0. The van der Waals surface area contributed by atoms with Crippen molar-refractivity contribution in [3.05, 3.63) is 237 Å². The van der Waals surface area contributed by atoms with E-state index in [0.717, 1.165) is 50.4 Å². The molecule has 0 saturated carbocycles. The van der Waals surface area contributed by atoms with Crippen LogP contribution in [0.3, 0.4) is 0 Å². The third kappa shape index (κ3) is 5.97. The summed E-state index contributed by atoms with van der Waals surface area (Å²) in [4.78, 5) is 10.6. The summed E-state index contributed by atoms with van der Waals surface area (Å²) in [6.07, 6.45) is 0. The topological polar surface area (TPSA) is 30.7 Å². The minimum atomic E-state index is 0.859. The molecule has 0 fully saturated rings. The van der Waals surface area contributed by atoms with Gasteiger partial charge in [0.1, 0.15) is 0 Å². The summed E-state index contributed by atoms with van der Waals surface area (Å²) in [7, 11) is 0. The molecule has 0 aliphatic heterocycles. The van der Waals surface area contributed by atoms with Gasteiger partial charge in [-0.05, 0) is 90.6 Å². The smallest absolute Gasteiger partial charge is 0.0973 e. The van der Waals surface area contributed by atoms with Crippen molar-refractivity contribution in [3.63, 3.8) is 0 Å². The molecule has 13 aromatic rings. The predicted octanol–water partition coefficient (Wildman–Crippen LogP) is 16.5. The molecule has 0 amide bonds. The van der Waals surface area contributed by atoms with E-state index in [1.165, 1.54) is 76.4 Å². The van der Waals surface area contributed by atoms with Gasteiger partial charge in [-0.3, -0.25) is 0 Å². The molecule has 0 bridgehead atoms. The van der Waals surface area contributed by atoms with Gasteiger partial charge in [-0.25, -0.2) is 9.97 Å². The maximum atomic E-state index is 5.36. The minimum absolute atomic E-state index is 0.859. The van der Waals surface area contributed by atoms with Crippen LogP contribution in [0.5, 0.6) is 0 Å². The van der Waals surface area contributed by atoms with Crippen LogP contribution < -0.4 is 0 Å². The van der Waals surface area contributed by atoms with E-state index >= 15 is 0 Å². The normalized spacial score (nSPS) is 11.7. The Bertz CT molecular complexity index is 3830. The Balaban J connectivity index is 1.10. The van der Waals surface area contributed by atoms with Gasteiger partial charge < -0.3 is 4.57 Å². The molecule has 0 saturated heterocycles. The second-order valence-corrected chi connectivity index (χ2v) is 16.8. The van der Waals surface area contributed by atoms with Crippen molar-refractivity contribution in [2.75, 3.05) is 0 Å². The maximum absolute atomic E-state index is 5.36. The van der Waals surface area contributed by atoms with Crippen molar-refractivity contribution in [2.45, 2.75) is 0 Å². The Morgan fingerprint density at radius 1 is 0.262 bits per heavy atom. The van der Waals surface area contributed by atoms with E-state index in [1.54, 1.807) is 0 Å². The maximum Gasteiger partial charge on any atom is 0.0973 e. The number of rotatable bonds is 6. The van der Waals surface area contributed by atoms with E-state index in [-0.39, 0.29) is 0 Å². The first-order valence-corrected chi connectivity index (χ1v) is 22.2. The Labute approximate surface area is 376 Å². The van der Waals surface area contributed by atoms with E-state index in [4.69, 9.17) is 9.97 Å². The first kappa shape index (κ1) is 36.9. The SMILES string of the molecule is c1ccc(-c2nc3ccc(-c4ccc(-n5c6cc(-c7ccccc7)c7ccccc7c6c6c7ccccc7c(-c7ccccc7)cc65)c5ccccc45)cc3nc2-c2ccccc2)cc1. The van der Waals surface area contributed by atoms with E-state index in [9.17, 15) is 0 Å². The zero-order valence-corrected chi connectivity index (χ0v) is 35.4. The predicted molar refractivity (Wildman–Crippen MR) is 274 cm³/mol. The van der Waals surface area contributed by atoms with Crippen molar-refractivity contribution in [2.24, 2.45) is 0 Å². The molecule has 0 unspecified atom stereocenters. The molecule has 0 N–H and O–H groups in total. The summed E-state index contributed by atoms with van der Waals surface area (Å²) >= 11 is 0. The average Bonchev–Trinajstić information content (AvgIpc) is 3.72. The molecule has 302 valence electrons. The molecule has 65 heavy (non-hydrogen) atoms. The lowest BCUT2D eigenvalue weighted by atomic mass is 9.92. The highest BCUT2D eigenvalue weighted by molar-refractivity contribution is 6.32. The Morgan fingerprint density at radius 3 is 1.15 bits per heavy atom. The number of nitrogens with zero attached hydrogens (tertiary/aromatic N) is 3. The van der Waals surface area contributed by atoms with Crippen molar-refractivity contribution < 1.29 is 0 Å². The average molecular weight is 826 g/mol. The zero-order chi connectivity index (χ0) is 42.8. The molecule has 0 atom stereocenters. The standard InChI is InChI=1S/C62H39N3/c1-5-19-40(20-6-1)52-38-57-59(50-31-17-14-28-47(50)52)60-51-32-18-15-29-48(51)53(41-21-7-2-8-22-41)39-58(60)65(57)56-36-34-45(46-27-13-16-30-49(46)56)44-33-35-54-55(37-44)64-62(43-25-11-4-12-26-43)61(63-54)42-23-9-3-10-24-42/h1-39H. The summed E-state index contributed by atoms with van der Waals surface area (Å²) in [6.45, 7) is 0. The number of fused-ring (bicyclic) bond motifs is 9. The summed E-state index contributed by atoms with van der Waals surface area (Å²) in [5, 5.41) is 9.84. The van der Waals surface area contributed by atoms with Crippen LogP contribution >= 0.6 is 0 Å². The third-order valence-corrected chi connectivity index (χ3v) is 13.2. The van der Waals surface area contributed by atoms with Gasteiger partial charge in [0.05, 0.1) is 39.1 Å². The van der Waals surface area contributed by atoms with Gasteiger partial charge in [-0.15, -0.1) is 0 Å². The van der Waals surface area contributed by atoms with Crippen LogP contribution in [0, 0.1) is 0 Å². The molecule has 3 heteroatoms. The van der Waals surface area contributed by atoms with Crippen molar-refractivity contribution in [1.82, 2.24) is 14.5 Å². The number of benzene rings is 11. The van der Waals surface area contributed by atoms with Gasteiger partial charge in [0, 0.05) is 27.3 Å². The van der Waals surface area contributed by atoms with Crippen molar-refractivity contribution in [1.29, 1.82) is 0 Å². The fraction of sp³-hybridized carbons (Fsp3) is 0. The molecule has 0 radical (unpaired) electrons. The molecule has 0 spiro atoms.